The molecule has 0 aliphatic heterocycles. The van der Waals surface area contributed by atoms with Crippen LogP contribution in [0.2, 0.25) is 5.02 Å². The largest absolute Gasteiger partial charge is 0.493 e. The standard InChI is InChI=1S/C21H24ClNO3/c1-25-18-10-7-16(13-19(18)26-2)21(11-3-4-12-21)14-23-20(24)15-5-8-17(22)9-6-15/h5-10,13H,3-4,11-12,14H2,1-2H3,(H,23,24). The van der Waals surface area contributed by atoms with Gasteiger partial charge in [0.1, 0.15) is 0 Å². The second-order valence-corrected chi connectivity index (χ2v) is 7.18. The molecular formula is C21H24ClNO3. The first-order chi connectivity index (χ1) is 12.6. The van der Waals surface area contributed by atoms with Crippen LogP contribution in [-0.2, 0) is 5.41 Å². The molecule has 1 N–H and O–H groups in total. The molecule has 0 radical (unpaired) electrons. The minimum atomic E-state index is -0.0755. The molecule has 0 atom stereocenters. The summed E-state index contributed by atoms with van der Waals surface area (Å²) in [6.45, 7) is 0.601. The van der Waals surface area contributed by atoms with Crippen LogP contribution in [0.4, 0.5) is 0 Å². The lowest BCUT2D eigenvalue weighted by Crippen LogP contribution is -2.39. The predicted octanol–water partition coefficient (Wildman–Crippen LogP) is 4.60. The number of nitrogens with one attached hydrogen (secondary N) is 1. The number of carbonyl (C=O) groups excluding carboxylic acids is 1. The van der Waals surface area contributed by atoms with E-state index in [2.05, 4.69) is 11.4 Å². The number of rotatable bonds is 6. The number of methoxy groups -OCH3 is 2. The van der Waals surface area contributed by atoms with Crippen LogP contribution in [0.15, 0.2) is 42.5 Å². The van der Waals surface area contributed by atoms with E-state index in [-0.39, 0.29) is 11.3 Å². The zero-order valence-electron chi connectivity index (χ0n) is 15.2. The maximum atomic E-state index is 12.5. The van der Waals surface area contributed by atoms with Crippen LogP contribution >= 0.6 is 11.6 Å². The maximum Gasteiger partial charge on any atom is 0.251 e. The fourth-order valence-corrected chi connectivity index (χ4v) is 3.86. The zero-order chi connectivity index (χ0) is 18.6. The number of amides is 1. The Balaban J connectivity index is 1.80. The Hall–Kier alpha value is -2.20. The molecule has 5 heteroatoms. The van der Waals surface area contributed by atoms with Gasteiger partial charge >= 0.3 is 0 Å². The summed E-state index contributed by atoms with van der Waals surface area (Å²) in [5.41, 5.74) is 1.74. The summed E-state index contributed by atoms with van der Waals surface area (Å²) in [6, 6.07) is 13.0. The van der Waals surface area contributed by atoms with E-state index in [1.807, 2.05) is 12.1 Å². The average molecular weight is 374 g/mol. The van der Waals surface area contributed by atoms with E-state index in [1.54, 1.807) is 38.5 Å². The van der Waals surface area contributed by atoms with Gasteiger partial charge in [-0.3, -0.25) is 4.79 Å². The van der Waals surface area contributed by atoms with E-state index in [9.17, 15) is 4.79 Å². The summed E-state index contributed by atoms with van der Waals surface area (Å²) in [5, 5.41) is 3.74. The monoisotopic (exact) mass is 373 g/mol. The van der Waals surface area contributed by atoms with Crippen molar-refractivity contribution in [3.8, 4) is 11.5 Å². The van der Waals surface area contributed by atoms with Crippen LogP contribution in [0.3, 0.4) is 0 Å². The van der Waals surface area contributed by atoms with Crippen molar-refractivity contribution >= 4 is 17.5 Å². The minimum absolute atomic E-state index is 0.0678. The SMILES string of the molecule is COc1ccc(C2(CNC(=O)c3ccc(Cl)cc3)CCCC2)cc1OC. The van der Waals surface area contributed by atoms with Gasteiger partial charge in [0.2, 0.25) is 0 Å². The van der Waals surface area contributed by atoms with Crippen molar-refractivity contribution in [1.82, 2.24) is 5.32 Å². The first kappa shape index (κ1) is 18.6. The highest BCUT2D eigenvalue weighted by molar-refractivity contribution is 6.30. The molecule has 0 heterocycles. The van der Waals surface area contributed by atoms with Gasteiger partial charge in [0.05, 0.1) is 14.2 Å². The quantitative estimate of drug-likeness (QED) is 0.805. The van der Waals surface area contributed by atoms with Crippen molar-refractivity contribution < 1.29 is 14.3 Å². The summed E-state index contributed by atoms with van der Waals surface area (Å²) in [5.74, 6) is 1.36. The Morgan fingerprint density at radius 3 is 2.31 bits per heavy atom. The van der Waals surface area contributed by atoms with Crippen molar-refractivity contribution in [3.63, 3.8) is 0 Å². The van der Waals surface area contributed by atoms with E-state index in [0.29, 0.717) is 17.1 Å². The Morgan fingerprint density at radius 1 is 1.04 bits per heavy atom. The van der Waals surface area contributed by atoms with Gasteiger partial charge in [-0.1, -0.05) is 30.5 Å². The highest BCUT2D eigenvalue weighted by Crippen LogP contribution is 2.43. The molecular weight excluding hydrogens is 350 g/mol. The lowest BCUT2D eigenvalue weighted by atomic mass is 9.78. The Kier molecular flexibility index (Phi) is 5.72. The van der Waals surface area contributed by atoms with Crippen LogP contribution < -0.4 is 14.8 Å². The number of carbonyl (C=O) groups is 1. The van der Waals surface area contributed by atoms with Gasteiger partial charge in [-0.15, -0.1) is 0 Å². The summed E-state index contributed by atoms with van der Waals surface area (Å²) in [7, 11) is 3.28. The molecule has 0 saturated heterocycles. The smallest absolute Gasteiger partial charge is 0.251 e. The number of ether oxygens (including phenoxy) is 2. The number of hydrogen-bond donors (Lipinski definition) is 1. The molecule has 0 spiro atoms. The zero-order valence-corrected chi connectivity index (χ0v) is 15.9. The van der Waals surface area contributed by atoms with Gasteiger partial charge < -0.3 is 14.8 Å². The number of hydrogen-bond acceptors (Lipinski definition) is 3. The summed E-state index contributed by atoms with van der Waals surface area (Å²) in [6.07, 6.45) is 4.41. The Bertz CT molecular complexity index is 767. The van der Waals surface area contributed by atoms with Crippen molar-refractivity contribution in [2.45, 2.75) is 31.1 Å². The van der Waals surface area contributed by atoms with E-state index in [4.69, 9.17) is 21.1 Å². The van der Waals surface area contributed by atoms with Crippen molar-refractivity contribution in [3.05, 3.63) is 58.6 Å². The molecule has 1 aliphatic rings. The topological polar surface area (TPSA) is 47.6 Å². The van der Waals surface area contributed by atoms with Gasteiger partial charge in [-0.05, 0) is 54.8 Å². The molecule has 2 aromatic carbocycles. The Labute approximate surface area is 159 Å². The third kappa shape index (κ3) is 3.80. The first-order valence-electron chi connectivity index (χ1n) is 8.84. The molecule has 0 bridgehead atoms. The van der Waals surface area contributed by atoms with Crippen LogP contribution in [-0.4, -0.2) is 26.7 Å². The predicted molar refractivity (Wildman–Crippen MR) is 103 cm³/mol. The fourth-order valence-electron chi connectivity index (χ4n) is 3.74. The molecule has 138 valence electrons. The molecule has 4 nitrogen and oxygen atoms in total. The molecule has 3 rings (SSSR count). The third-order valence-corrected chi connectivity index (χ3v) is 5.50. The van der Waals surface area contributed by atoms with Gasteiger partial charge in [-0.25, -0.2) is 0 Å². The molecule has 1 saturated carbocycles. The minimum Gasteiger partial charge on any atom is -0.493 e. The fraction of sp³-hybridized carbons (Fsp3) is 0.381. The third-order valence-electron chi connectivity index (χ3n) is 5.25. The van der Waals surface area contributed by atoms with Crippen molar-refractivity contribution in [2.75, 3.05) is 20.8 Å². The molecule has 1 fully saturated rings. The van der Waals surface area contributed by atoms with Crippen LogP contribution in [0.1, 0.15) is 41.6 Å². The second-order valence-electron chi connectivity index (χ2n) is 6.75. The summed E-state index contributed by atoms with van der Waals surface area (Å²) >= 11 is 5.90. The lowest BCUT2D eigenvalue weighted by molar-refractivity contribution is 0.0943. The van der Waals surface area contributed by atoms with E-state index >= 15 is 0 Å². The van der Waals surface area contributed by atoms with E-state index in [1.165, 1.54) is 5.56 Å². The van der Waals surface area contributed by atoms with Gasteiger partial charge in [0.25, 0.3) is 5.91 Å². The maximum absolute atomic E-state index is 12.5. The first-order valence-corrected chi connectivity index (χ1v) is 9.22. The van der Waals surface area contributed by atoms with Crippen molar-refractivity contribution in [2.24, 2.45) is 0 Å². The highest BCUT2D eigenvalue weighted by atomic mass is 35.5. The summed E-state index contributed by atoms with van der Waals surface area (Å²) < 4.78 is 10.8. The van der Waals surface area contributed by atoms with E-state index < -0.39 is 0 Å². The Morgan fingerprint density at radius 2 is 1.69 bits per heavy atom. The summed E-state index contributed by atoms with van der Waals surface area (Å²) in [4.78, 5) is 12.5. The second kappa shape index (κ2) is 8.00. The molecule has 2 aromatic rings. The molecule has 0 unspecified atom stereocenters. The van der Waals surface area contributed by atoms with Crippen LogP contribution in [0, 0.1) is 0 Å². The molecule has 26 heavy (non-hydrogen) atoms. The van der Waals surface area contributed by atoms with Crippen molar-refractivity contribution in [1.29, 1.82) is 0 Å². The average Bonchev–Trinajstić information content (AvgIpc) is 3.16. The van der Waals surface area contributed by atoms with Crippen LogP contribution in [0.25, 0.3) is 0 Å². The van der Waals surface area contributed by atoms with Crippen LogP contribution in [0.5, 0.6) is 11.5 Å². The lowest BCUT2D eigenvalue weighted by Gasteiger charge is -2.30. The number of halogens is 1. The van der Waals surface area contributed by atoms with Gasteiger partial charge in [0, 0.05) is 22.5 Å². The number of benzene rings is 2. The molecule has 1 amide bonds. The van der Waals surface area contributed by atoms with Gasteiger partial charge in [0.15, 0.2) is 11.5 Å². The molecule has 0 aromatic heterocycles. The normalized spacial score (nSPS) is 15.5. The highest BCUT2D eigenvalue weighted by Gasteiger charge is 2.36. The van der Waals surface area contributed by atoms with E-state index in [0.717, 1.165) is 37.2 Å². The molecule has 1 aliphatic carbocycles. The van der Waals surface area contributed by atoms with Gasteiger partial charge in [-0.2, -0.15) is 0 Å².